The van der Waals surface area contributed by atoms with Crippen LogP contribution in [0.15, 0.2) is 30.3 Å². The minimum Gasteiger partial charge on any atom is -0.314 e. The SMILES string of the molecule is CC(C)CC1CCCC(NCCC(C)c2ccccc2)C1. The first-order valence-corrected chi connectivity index (χ1v) is 8.93. The van der Waals surface area contributed by atoms with Gasteiger partial charge in [0.05, 0.1) is 0 Å². The summed E-state index contributed by atoms with van der Waals surface area (Å²) in [6.07, 6.45) is 8.32. The van der Waals surface area contributed by atoms with E-state index in [1.807, 2.05) is 0 Å². The molecule has 1 fully saturated rings. The van der Waals surface area contributed by atoms with E-state index < -0.39 is 0 Å². The second-order valence-electron chi connectivity index (χ2n) is 7.41. The van der Waals surface area contributed by atoms with E-state index in [0.717, 1.165) is 24.4 Å². The summed E-state index contributed by atoms with van der Waals surface area (Å²) < 4.78 is 0. The Kier molecular flexibility index (Phi) is 6.76. The molecule has 0 heterocycles. The molecule has 1 aliphatic carbocycles. The molecule has 1 aromatic carbocycles. The van der Waals surface area contributed by atoms with Gasteiger partial charge in [0, 0.05) is 6.04 Å². The van der Waals surface area contributed by atoms with Gasteiger partial charge in [-0.05, 0) is 55.5 Å². The highest BCUT2D eigenvalue weighted by Crippen LogP contribution is 2.29. The third-order valence-corrected chi connectivity index (χ3v) is 4.97. The molecule has 0 aromatic heterocycles. The maximum atomic E-state index is 3.83. The van der Waals surface area contributed by atoms with Crippen LogP contribution in [0.2, 0.25) is 0 Å². The van der Waals surface area contributed by atoms with Gasteiger partial charge >= 0.3 is 0 Å². The van der Waals surface area contributed by atoms with E-state index in [1.165, 1.54) is 44.1 Å². The van der Waals surface area contributed by atoms with Crippen LogP contribution in [0.5, 0.6) is 0 Å². The van der Waals surface area contributed by atoms with Crippen LogP contribution >= 0.6 is 0 Å². The summed E-state index contributed by atoms with van der Waals surface area (Å²) in [7, 11) is 0. The Morgan fingerprint density at radius 2 is 1.86 bits per heavy atom. The summed E-state index contributed by atoms with van der Waals surface area (Å²) in [5, 5.41) is 3.83. The summed E-state index contributed by atoms with van der Waals surface area (Å²) in [4.78, 5) is 0. The molecule has 1 saturated carbocycles. The first-order chi connectivity index (χ1) is 10.1. The molecule has 118 valence electrons. The molecule has 0 aliphatic heterocycles. The van der Waals surface area contributed by atoms with Crippen LogP contribution in [-0.4, -0.2) is 12.6 Å². The van der Waals surface area contributed by atoms with Crippen molar-refractivity contribution in [2.75, 3.05) is 6.54 Å². The number of rotatable bonds is 7. The van der Waals surface area contributed by atoms with Gasteiger partial charge in [-0.25, -0.2) is 0 Å². The molecule has 0 saturated heterocycles. The summed E-state index contributed by atoms with van der Waals surface area (Å²) in [5.74, 6) is 2.48. The third kappa shape index (κ3) is 5.82. The molecule has 3 unspecified atom stereocenters. The third-order valence-electron chi connectivity index (χ3n) is 4.97. The first-order valence-electron chi connectivity index (χ1n) is 8.93. The maximum absolute atomic E-state index is 3.83. The quantitative estimate of drug-likeness (QED) is 0.710. The number of benzene rings is 1. The Balaban J connectivity index is 1.68. The van der Waals surface area contributed by atoms with Crippen molar-refractivity contribution in [1.82, 2.24) is 5.32 Å². The van der Waals surface area contributed by atoms with Gasteiger partial charge in [0.25, 0.3) is 0 Å². The van der Waals surface area contributed by atoms with Crippen molar-refractivity contribution in [3.63, 3.8) is 0 Å². The lowest BCUT2D eigenvalue weighted by molar-refractivity contribution is 0.252. The lowest BCUT2D eigenvalue weighted by Crippen LogP contribution is -2.35. The van der Waals surface area contributed by atoms with Gasteiger partial charge < -0.3 is 5.32 Å². The molecule has 1 aliphatic rings. The van der Waals surface area contributed by atoms with E-state index in [4.69, 9.17) is 0 Å². The maximum Gasteiger partial charge on any atom is 0.00697 e. The molecule has 1 nitrogen and oxygen atoms in total. The van der Waals surface area contributed by atoms with Crippen LogP contribution in [-0.2, 0) is 0 Å². The predicted octanol–water partition coefficient (Wildman–Crippen LogP) is 5.37. The van der Waals surface area contributed by atoms with Crippen LogP contribution in [0, 0.1) is 11.8 Å². The van der Waals surface area contributed by atoms with Crippen molar-refractivity contribution in [2.45, 2.75) is 71.3 Å². The second kappa shape index (κ2) is 8.58. The van der Waals surface area contributed by atoms with E-state index in [0.29, 0.717) is 5.92 Å². The predicted molar refractivity (Wildman–Crippen MR) is 92.7 cm³/mol. The fourth-order valence-electron chi connectivity index (χ4n) is 3.81. The molecule has 1 aromatic rings. The Morgan fingerprint density at radius 1 is 1.10 bits per heavy atom. The van der Waals surface area contributed by atoms with Gasteiger partial charge in [0.2, 0.25) is 0 Å². The molecule has 0 radical (unpaired) electrons. The molecule has 0 bridgehead atoms. The molecular weight excluding hydrogens is 254 g/mol. The minimum absolute atomic E-state index is 0.661. The molecule has 1 N–H and O–H groups in total. The Hall–Kier alpha value is -0.820. The van der Waals surface area contributed by atoms with Crippen molar-refractivity contribution in [3.8, 4) is 0 Å². The standard InChI is InChI=1S/C20H33N/c1-16(2)14-18-8-7-11-20(15-18)21-13-12-17(3)19-9-5-4-6-10-19/h4-6,9-10,16-18,20-21H,7-8,11-15H2,1-3H3. The van der Waals surface area contributed by atoms with E-state index in [1.54, 1.807) is 0 Å². The van der Waals surface area contributed by atoms with E-state index >= 15 is 0 Å². The average Bonchev–Trinajstić information content (AvgIpc) is 2.48. The number of hydrogen-bond acceptors (Lipinski definition) is 1. The Bertz CT molecular complexity index is 384. The summed E-state index contributed by atoms with van der Waals surface area (Å²) in [5.41, 5.74) is 1.47. The topological polar surface area (TPSA) is 12.0 Å². The van der Waals surface area contributed by atoms with Crippen LogP contribution in [0.3, 0.4) is 0 Å². The smallest absolute Gasteiger partial charge is 0.00697 e. The summed E-state index contributed by atoms with van der Waals surface area (Å²) >= 11 is 0. The summed E-state index contributed by atoms with van der Waals surface area (Å²) in [6.45, 7) is 8.23. The van der Waals surface area contributed by atoms with Gasteiger partial charge in [-0.1, -0.05) is 63.9 Å². The van der Waals surface area contributed by atoms with Crippen LogP contribution in [0.4, 0.5) is 0 Å². The largest absolute Gasteiger partial charge is 0.314 e. The molecule has 0 spiro atoms. The van der Waals surface area contributed by atoms with Crippen molar-refractivity contribution in [1.29, 1.82) is 0 Å². The molecule has 2 rings (SSSR count). The Labute approximate surface area is 131 Å². The van der Waals surface area contributed by atoms with Crippen molar-refractivity contribution in [3.05, 3.63) is 35.9 Å². The van der Waals surface area contributed by atoms with Crippen LogP contribution in [0.1, 0.15) is 70.8 Å². The van der Waals surface area contributed by atoms with E-state index in [2.05, 4.69) is 56.4 Å². The van der Waals surface area contributed by atoms with Crippen LogP contribution < -0.4 is 5.32 Å². The highest BCUT2D eigenvalue weighted by atomic mass is 14.9. The summed E-state index contributed by atoms with van der Waals surface area (Å²) in [6, 6.07) is 11.7. The average molecular weight is 287 g/mol. The Morgan fingerprint density at radius 3 is 2.57 bits per heavy atom. The minimum atomic E-state index is 0.661. The van der Waals surface area contributed by atoms with Gasteiger partial charge in [-0.2, -0.15) is 0 Å². The van der Waals surface area contributed by atoms with Gasteiger partial charge in [-0.15, -0.1) is 0 Å². The molecule has 21 heavy (non-hydrogen) atoms. The lowest BCUT2D eigenvalue weighted by atomic mass is 9.81. The molecule has 0 amide bonds. The number of hydrogen-bond donors (Lipinski definition) is 1. The normalized spacial score (nSPS) is 24.2. The highest BCUT2D eigenvalue weighted by Gasteiger charge is 2.22. The zero-order valence-electron chi connectivity index (χ0n) is 14.1. The zero-order chi connectivity index (χ0) is 15.1. The first kappa shape index (κ1) is 16.5. The number of nitrogens with one attached hydrogen (secondary N) is 1. The van der Waals surface area contributed by atoms with Gasteiger partial charge in [-0.3, -0.25) is 0 Å². The van der Waals surface area contributed by atoms with E-state index in [-0.39, 0.29) is 0 Å². The van der Waals surface area contributed by atoms with Crippen molar-refractivity contribution in [2.24, 2.45) is 11.8 Å². The fourth-order valence-corrected chi connectivity index (χ4v) is 3.81. The lowest BCUT2D eigenvalue weighted by Gasteiger charge is -2.31. The second-order valence-corrected chi connectivity index (χ2v) is 7.41. The van der Waals surface area contributed by atoms with Crippen LogP contribution in [0.25, 0.3) is 0 Å². The van der Waals surface area contributed by atoms with Crippen molar-refractivity contribution >= 4 is 0 Å². The molecule has 1 heteroatoms. The molecular formula is C20H33N. The van der Waals surface area contributed by atoms with Gasteiger partial charge in [0.1, 0.15) is 0 Å². The monoisotopic (exact) mass is 287 g/mol. The highest BCUT2D eigenvalue weighted by molar-refractivity contribution is 5.18. The molecule has 3 atom stereocenters. The zero-order valence-corrected chi connectivity index (χ0v) is 14.1. The van der Waals surface area contributed by atoms with Crippen molar-refractivity contribution < 1.29 is 0 Å². The van der Waals surface area contributed by atoms with E-state index in [9.17, 15) is 0 Å². The fraction of sp³-hybridized carbons (Fsp3) is 0.700. The van der Waals surface area contributed by atoms with Gasteiger partial charge in [0.15, 0.2) is 0 Å².